The Kier molecular flexibility index (Phi) is 5.29. The molecule has 0 aromatic heterocycles. The molecule has 4 nitrogen and oxygen atoms in total. The number of piperidine rings is 1. The van der Waals surface area contributed by atoms with Crippen LogP contribution in [-0.4, -0.2) is 36.4 Å². The molecule has 3 aliphatic rings. The zero-order chi connectivity index (χ0) is 21.6. The van der Waals surface area contributed by atoms with Gasteiger partial charge in [0.05, 0.1) is 12.6 Å². The average molecular weight is 419 g/mol. The number of nitrogens with one attached hydrogen (secondary N) is 1. The van der Waals surface area contributed by atoms with E-state index in [1.54, 1.807) is 0 Å². The van der Waals surface area contributed by atoms with Crippen LogP contribution in [0.4, 0.5) is 5.69 Å². The van der Waals surface area contributed by atoms with E-state index in [1.165, 1.54) is 24.0 Å². The maximum atomic E-state index is 13.5. The SMILES string of the molecule is CCOc1ccc(CNc2ccc3c(c2)[C@]2(C)CCN(CC4CC4)[C@H](C3=O)[C@@H]2C)cc1. The monoisotopic (exact) mass is 418 g/mol. The molecule has 0 amide bonds. The number of fused-ring (bicyclic) bond motifs is 4. The molecule has 1 saturated carbocycles. The van der Waals surface area contributed by atoms with Crippen molar-refractivity contribution in [2.45, 2.75) is 58.0 Å². The molecule has 2 aliphatic carbocycles. The van der Waals surface area contributed by atoms with Crippen LogP contribution >= 0.6 is 0 Å². The predicted octanol–water partition coefficient (Wildman–Crippen LogP) is 5.27. The molecule has 1 aliphatic heterocycles. The number of ketones is 1. The van der Waals surface area contributed by atoms with E-state index in [1.807, 2.05) is 19.1 Å². The molecule has 2 aromatic carbocycles. The molecule has 2 aromatic rings. The highest BCUT2D eigenvalue weighted by Gasteiger charge is 2.52. The minimum absolute atomic E-state index is 0.0505. The Bertz CT molecular complexity index is 966. The highest BCUT2D eigenvalue weighted by molar-refractivity contribution is 6.04. The second-order valence-electron chi connectivity index (χ2n) is 9.89. The smallest absolute Gasteiger partial charge is 0.180 e. The lowest BCUT2D eigenvalue weighted by Crippen LogP contribution is -2.61. The maximum Gasteiger partial charge on any atom is 0.180 e. The molecule has 164 valence electrons. The van der Waals surface area contributed by atoms with Gasteiger partial charge >= 0.3 is 0 Å². The van der Waals surface area contributed by atoms with Gasteiger partial charge in [-0.3, -0.25) is 9.69 Å². The van der Waals surface area contributed by atoms with Crippen LogP contribution < -0.4 is 10.1 Å². The van der Waals surface area contributed by atoms with Crippen molar-refractivity contribution < 1.29 is 9.53 Å². The lowest BCUT2D eigenvalue weighted by Gasteiger charge is -2.53. The number of likely N-dealkylation sites (tertiary alicyclic amines) is 1. The van der Waals surface area contributed by atoms with Crippen molar-refractivity contribution in [3.05, 3.63) is 59.2 Å². The summed E-state index contributed by atoms with van der Waals surface area (Å²) in [6, 6.07) is 14.7. The summed E-state index contributed by atoms with van der Waals surface area (Å²) in [7, 11) is 0. The van der Waals surface area contributed by atoms with Crippen LogP contribution in [0.3, 0.4) is 0 Å². The average Bonchev–Trinajstić information content (AvgIpc) is 3.59. The van der Waals surface area contributed by atoms with Gasteiger partial charge in [0.25, 0.3) is 0 Å². The van der Waals surface area contributed by atoms with Crippen molar-refractivity contribution in [2.75, 3.05) is 25.0 Å². The van der Waals surface area contributed by atoms with Crippen molar-refractivity contribution in [3.8, 4) is 5.75 Å². The van der Waals surface area contributed by atoms with E-state index in [9.17, 15) is 4.79 Å². The highest BCUT2D eigenvalue weighted by Crippen LogP contribution is 2.49. The van der Waals surface area contributed by atoms with Gasteiger partial charge < -0.3 is 10.1 Å². The summed E-state index contributed by atoms with van der Waals surface area (Å²) in [6.07, 6.45) is 3.80. The quantitative estimate of drug-likeness (QED) is 0.665. The first-order valence-electron chi connectivity index (χ1n) is 11.9. The van der Waals surface area contributed by atoms with Gasteiger partial charge in [-0.05, 0) is 91.4 Å². The fraction of sp³-hybridized carbons (Fsp3) is 0.519. The first-order chi connectivity index (χ1) is 15.0. The molecule has 3 atom stereocenters. The van der Waals surface area contributed by atoms with Crippen LogP contribution in [0.1, 0.15) is 61.5 Å². The van der Waals surface area contributed by atoms with Crippen LogP contribution in [0.25, 0.3) is 0 Å². The number of nitrogens with zero attached hydrogens (tertiary/aromatic N) is 1. The molecule has 5 rings (SSSR count). The summed E-state index contributed by atoms with van der Waals surface area (Å²) >= 11 is 0. The van der Waals surface area contributed by atoms with Gasteiger partial charge in [-0.15, -0.1) is 0 Å². The molecule has 2 fully saturated rings. The van der Waals surface area contributed by atoms with Gasteiger partial charge in [0, 0.05) is 24.3 Å². The van der Waals surface area contributed by atoms with Crippen LogP contribution in [0, 0.1) is 11.8 Å². The van der Waals surface area contributed by atoms with Gasteiger partial charge in [0.1, 0.15) is 5.75 Å². The zero-order valence-electron chi connectivity index (χ0n) is 19.0. The van der Waals surface area contributed by atoms with E-state index < -0.39 is 0 Å². The molecule has 1 N–H and O–H groups in total. The molecule has 31 heavy (non-hydrogen) atoms. The number of anilines is 1. The first kappa shape index (κ1) is 20.6. The van der Waals surface area contributed by atoms with Gasteiger partial charge in [-0.1, -0.05) is 26.0 Å². The van der Waals surface area contributed by atoms with Crippen LogP contribution in [0.2, 0.25) is 0 Å². The van der Waals surface area contributed by atoms with E-state index in [-0.39, 0.29) is 11.5 Å². The minimum Gasteiger partial charge on any atom is -0.494 e. The zero-order valence-corrected chi connectivity index (χ0v) is 19.0. The van der Waals surface area contributed by atoms with Gasteiger partial charge in [0.2, 0.25) is 0 Å². The Morgan fingerprint density at radius 1 is 1.16 bits per heavy atom. The molecular weight excluding hydrogens is 384 g/mol. The van der Waals surface area contributed by atoms with Crippen molar-refractivity contribution >= 4 is 11.5 Å². The molecule has 0 unspecified atom stereocenters. The summed E-state index contributed by atoms with van der Waals surface area (Å²) in [5.41, 5.74) is 4.55. The van der Waals surface area contributed by atoms with Crippen LogP contribution in [0.5, 0.6) is 5.75 Å². The number of carbonyl (C=O) groups excluding carboxylic acids is 1. The molecule has 0 radical (unpaired) electrons. The molecular formula is C27H34N2O2. The van der Waals surface area contributed by atoms with Crippen molar-refractivity contribution in [2.24, 2.45) is 11.8 Å². The van der Waals surface area contributed by atoms with Crippen LogP contribution in [-0.2, 0) is 12.0 Å². The van der Waals surface area contributed by atoms with E-state index in [0.717, 1.165) is 49.0 Å². The Morgan fingerprint density at radius 2 is 1.94 bits per heavy atom. The number of benzene rings is 2. The van der Waals surface area contributed by atoms with Crippen molar-refractivity contribution in [1.82, 2.24) is 4.90 Å². The fourth-order valence-corrected chi connectivity index (χ4v) is 5.59. The minimum atomic E-state index is 0.0505. The molecule has 1 heterocycles. The number of ether oxygens (including phenoxy) is 1. The summed E-state index contributed by atoms with van der Waals surface area (Å²) in [6.45, 7) is 10.2. The second-order valence-corrected chi connectivity index (χ2v) is 9.89. The van der Waals surface area contributed by atoms with Gasteiger partial charge in [-0.25, -0.2) is 0 Å². The number of rotatable bonds is 7. The largest absolute Gasteiger partial charge is 0.494 e. The summed E-state index contributed by atoms with van der Waals surface area (Å²) in [4.78, 5) is 16.0. The van der Waals surface area contributed by atoms with Gasteiger partial charge in [-0.2, -0.15) is 0 Å². The second kappa shape index (κ2) is 7.98. The molecule has 4 heteroatoms. The number of carbonyl (C=O) groups is 1. The summed E-state index contributed by atoms with van der Waals surface area (Å²) < 4.78 is 5.53. The lowest BCUT2D eigenvalue weighted by molar-refractivity contribution is 0.0266. The number of hydrogen-bond acceptors (Lipinski definition) is 4. The van der Waals surface area contributed by atoms with Crippen molar-refractivity contribution in [3.63, 3.8) is 0 Å². The standard InChI is InChI=1S/C27H34N2O2/c1-4-31-22-10-7-19(8-11-22)16-28-21-9-12-23-24(15-21)27(3)13-14-29(17-20-5-6-20)25(18(27)2)26(23)30/h7-12,15,18,20,25,28H,4-6,13-14,16-17H2,1-3H3/t18-,25-,27+/m0/s1. The summed E-state index contributed by atoms with van der Waals surface area (Å²) in [5.74, 6) is 2.41. The third-order valence-electron chi connectivity index (χ3n) is 7.88. The topological polar surface area (TPSA) is 41.6 Å². The molecule has 0 spiro atoms. The van der Waals surface area contributed by atoms with E-state index >= 15 is 0 Å². The Labute approximate surface area is 186 Å². The Morgan fingerprint density at radius 3 is 2.65 bits per heavy atom. The van der Waals surface area contributed by atoms with Crippen LogP contribution in [0.15, 0.2) is 42.5 Å². The van der Waals surface area contributed by atoms with E-state index in [2.05, 4.69) is 54.4 Å². The normalized spacial score (nSPS) is 27.6. The molecule has 1 saturated heterocycles. The maximum absolute atomic E-state index is 13.5. The van der Waals surface area contributed by atoms with Gasteiger partial charge in [0.15, 0.2) is 5.78 Å². The number of hydrogen-bond donors (Lipinski definition) is 1. The molecule has 2 bridgehead atoms. The third-order valence-corrected chi connectivity index (χ3v) is 7.88. The Balaban J connectivity index is 1.36. The Hall–Kier alpha value is -2.33. The predicted molar refractivity (Wildman–Crippen MR) is 125 cm³/mol. The third kappa shape index (κ3) is 3.76. The first-order valence-corrected chi connectivity index (χ1v) is 11.9. The highest BCUT2D eigenvalue weighted by atomic mass is 16.5. The number of Topliss-reactive ketones (excluding diaryl/α,β-unsaturated/α-hetero) is 1. The lowest BCUT2D eigenvalue weighted by atomic mass is 9.58. The van der Waals surface area contributed by atoms with E-state index in [0.29, 0.717) is 18.3 Å². The van der Waals surface area contributed by atoms with E-state index in [4.69, 9.17) is 4.74 Å². The van der Waals surface area contributed by atoms with Crippen molar-refractivity contribution in [1.29, 1.82) is 0 Å². The summed E-state index contributed by atoms with van der Waals surface area (Å²) in [5, 5.41) is 3.56. The fourth-order valence-electron chi connectivity index (χ4n) is 5.59.